The number of hydrogen-bond acceptors (Lipinski definition) is 4. The smallest absolute Gasteiger partial charge is 0.220 e. The molecule has 0 aromatic carbocycles. The summed E-state index contributed by atoms with van der Waals surface area (Å²) in [6.07, 6.45) is 3.72. The molecule has 1 aromatic heterocycles. The maximum absolute atomic E-state index is 12.3. The van der Waals surface area contributed by atoms with Crippen LogP contribution in [0.2, 0.25) is 0 Å². The second-order valence-corrected chi connectivity index (χ2v) is 7.27. The van der Waals surface area contributed by atoms with E-state index in [0.29, 0.717) is 24.9 Å². The summed E-state index contributed by atoms with van der Waals surface area (Å²) >= 11 is 0. The number of fused-ring (bicyclic) bond motifs is 1. The first kappa shape index (κ1) is 15.5. The number of aryl methyl sites for hydroxylation is 2. The van der Waals surface area contributed by atoms with Crippen LogP contribution >= 0.6 is 0 Å². The van der Waals surface area contributed by atoms with Crippen molar-refractivity contribution in [1.29, 1.82) is 0 Å². The Morgan fingerprint density at radius 3 is 2.86 bits per heavy atom. The first-order valence-electron chi connectivity index (χ1n) is 8.24. The topological polar surface area (TPSA) is 64.4 Å². The molecule has 2 heterocycles. The summed E-state index contributed by atoms with van der Waals surface area (Å²) in [6, 6.07) is 0.231. The molecule has 5 heteroatoms. The van der Waals surface area contributed by atoms with Crippen LogP contribution in [0, 0.1) is 25.2 Å². The third-order valence-electron chi connectivity index (χ3n) is 5.43. The SMILES string of the molecule is Cc1noc(C)c1CCC(=O)N[C@@H]1[C@@H]2CCCO[C@@H]2C1(C)C. The van der Waals surface area contributed by atoms with E-state index in [4.69, 9.17) is 9.26 Å². The van der Waals surface area contributed by atoms with E-state index in [2.05, 4.69) is 24.3 Å². The van der Waals surface area contributed by atoms with Crippen molar-refractivity contribution in [2.45, 2.75) is 65.5 Å². The van der Waals surface area contributed by atoms with E-state index in [1.807, 2.05) is 13.8 Å². The second-order valence-electron chi connectivity index (χ2n) is 7.27. The zero-order valence-corrected chi connectivity index (χ0v) is 13.9. The highest BCUT2D eigenvalue weighted by molar-refractivity contribution is 5.77. The lowest BCUT2D eigenvalue weighted by Crippen LogP contribution is -2.70. The van der Waals surface area contributed by atoms with Gasteiger partial charge in [0.05, 0.1) is 11.8 Å². The molecule has 3 atom stereocenters. The molecule has 5 nitrogen and oxygen atoms in total. The van der Waals surface area contributed by atoms with E-state index in [-0.39, 0.29) is 17.4 Å². The minimum Gasteiger partial charge on any atom is -0.377 e. The monoisotopic (exact) mass is 306 g/mol. The van der Waals surface area contributed by atoms with Crippen molar-refractivity contribution in [2.24, 2.45) is 11.3 Å². The predicted molar refractivity (Wildman–Crippen MR) is 82.5 cm³/mol. The maximum Gasteiger partial charge on any atom is 0.220 e. The lowest BCUT2D eigenvalue weighted by atomic mass is 9.55. The Labute approximate surface area is 131 Å². The number of rotatable bonds is 4. The van der Waals surface area contributed by atoms with Gasteiger partial charge in [-0.3, -0.25) is 4.79 Å². The molecule has 122 valence electrons. The van der Waals surface area contributed by atoms with E-state index in [9.17, 15) is 4.79 Å². The maximum atomic E-state index is 12.3. The molecule has 2 aliphatic rings. The van der Waals surface area contributed by atoms with E-state index in [1.54, 1.807) is 0 Å². The minimum absolute atomic E-state index is 0.0315. The Balaban J connectivity index is 1.56. The van der Waals surface area contributed by atoms with Gasteiger partial charge in [-0.15, -0.1) is 0 Å². The Kier molecular flexibility index (Phi) is 4.02. The number of aromatic nitrogens is 1. The van der Waals surface area contributed by atoms with Crippen molar-refractivity contribution < 1.29 is 14.1 Å². The van der Waals surface area contributed by atoms with Gasteiger partial charge in [0.25, 0.3) is 0 Å². The molecule has 1 saturated heterocycles. The first-order valence-corrected chi connectivity index (χ1v) is 8.24. The number of carbonyl (C=O) groups is 1. The molecule has 2 fully saturated rings. The average Bonchev–Trinajstić information content (AvgIpc) is 2.81. The zero-order valence-electron chi connectivity index (χ0n) is 13.9. The predicted octanol–water partition coefficient (Wildman–Crippen LogP) is 2.54. The van der Waals surface area contributed by atoms with E-state index in [1.165, 1.54) is 0 Å². The summed E-state index contributed by atoms with van der Waals surface area (Å²) in [5, 5.41) is 7.17. The summed E-state index contributed by atoms with van der Waals surface area (Å²) in [4.78, 5) is 12.3. The molecule has 0 unspecified atom stereocenters. The summed E-state index contributed by atoms with van der Waals surface area (Å²) < 4.78 is 11.0. The van der Waals surface area contributed by atoms with Crippen LogP contribution in [-0.2, 0) is 16.0 Å². The number of hydrogen-bond donors (Lipinski definition) is 1. The molecular weight excluding hydrogens is 280 g/mol. The number of amides is 1. The highest BCUT2D eigenvalue weighted by Gasteiger charge is 2.58. The minimum atomic E-state index is 0.0315. The van der Waals surface area contributed by atoms with Gasteiger partial charge in [0.1, 0.15) is 5.76 Å². The molecule has 1 saturated carbocycles. The fourth-order valence-corrected chi connectivity index (χ4v) is 4.16. The fourth-order valence-electron chi connectivity index (χ4n) is 4.16. The van der Waals surface area contributed by atoms with E-state index < -0.39 is 0 Å². The second kappa shape index (κ2) is 5.69. The standard InChI is InChI=1S/C17H26N2O3/c1-10-12(11(2)22-19-10)7-8-14(20)18-15-13-6-5-9-21-16(13)17(15,3)4/h13,15-16H,5-9H2,1-4H3,(H,18,20)/t13-,15+,16-/m0/s1. The average molecular weight is 306 g/mol. The Morgan fingerprint density at radius 1 is 1.41 bits per heavy atom. The third-order valence-corrected chi connectivity index (χ3v) is 5.43. The molecule has 22 heavy (non-hydrogen) atoms. The van der Waals surface area contributed by atoms with Gasteiger partial charge in [0, 0.05) is 36.0 Å². The molecule has 3 rings (SSSR count). The molecule has 1 aliphatic heterocycles. The van der Waals surface area contributed by atoms with E-state index >= 15 is 0 Å². The number of carbonyl (C=O) groups excluding carboxylic acids is 1. The Bertz CT molecular complexity index is 545. The van der Waals surface area contributed by atoms with Crippen LogP contribution in [0.3, 0.4) is 0 Å². The highest BCUT2D eigenvalue weighted by atomic mass is 16.5. The largest absolute Gasteiger partial charge is 0.377 e. The molecule has 1 aliphatic carbocycles. The van der Waals surface area contributed by atoms with Gasteiger partial charge in [0.2, 0.25) is 5.91 Å². The summed E-state index contributed by atoms with van der Waals surface area (Å²) in [5.74, 6) is 1.41. The lowest BCUT2D eigenvalue weighted by Gasteiger charge is -2.59. The number of nitrogens with one attached hydrogen (secondary N) is 1. The molecule has 1 amide bonds. The van der Waals surface area contributed by atoms with Crippen LogP contribution in [0.5, 0.6) is 0 Å². The van der Waals surface area contributed by atoms with Crippen molar-refractivity contribution in [2.75, 3.05) is 6.61 Å². The van der Waals surface area contributed by atoms with Crippen molar-refractivity contribution in [3.05, 3.63) is 17.0 Å². The third kappa shape index (κ3) is 2.56. The van der Waals surface area contributed by atoms with Crippen molar-refractivity contribution in [3.63, 3.8) is 0 Å². The van der Waals surface area contributed by atoms with Crippen LogP contribution in [0.4, 0.5) is 0 Å². The Hall–Kier alpha value is -1.36. The number of ether oxygens (including phenoxy) is 1. The lowest BCUT2D eigenvalue weighted by molar-refractivity contribution is -0.193. The molecule has 0 bridgehead atoms. The fraction of sp³-hybridized carbons (Fsp3) is 0.765. The van der Waals surface area contributed by atoms with Crippen molar-refractivity contribution >= 4 is 5.91 Å². The molecule has 1 aromatic rings. The van der Waals surface area contributed by atoms with Crippen LogP contribution in [0.1, 0.15) is 50.1 Å². The molecular formula is C17H26N2O3. The van der Waals surface area contributed by atoms with Gasteiger partial charge in [-0.25, -0.2) is 0 Å². The normalized spacial score (nSPS) is 29.5. The number of nitrogens with zero attached hydrogens (tertiary/aromatic N) is 1. The summed E-state index contributed by atoms with van der Waals surface area (Å²) in [5.41, 5.74) is 1.97. The molecule has 0 radical (unpaired) electrons. The van der Waals surface area contributed by atoms with Gasteiger partial charge in [-0.1, -0.05) is 19.0 Å². The van der Waals surface area contributed by atoms with Crippen LogP contribution in [0.25, 0.3) is 0 Å². The Morgan fingerprint density at radius 2 is 2.18 bits per heavy atom. The van der Waals surface area contributed by atoms with Crippen molar-refractivity contribution in [3.8, 4) is 0 Å². The van der Waals surface area contributed by atoms with Crippen LogP contribution in [0.15, 0.2) is 4.52 Å². The molecule has 1 N–H and O–H groups in total. The van der Waals surface area contributed by atoms with Crippen LogP contribution < -0.4 is 5.32 Å². The van der Waals surface area contributed by atoms with Gasteiger partial charge < -0.3 is 14.6 Å². The van der Waals surface area contributed by atoms with Gasteiger partial charge in [-0.05, 0) is 33.1 Å². The van der Waals surface area contributed by atoms with Gasteiger partial charge >= 0.3 is 0 Å². The van der Waals surface area contributed by atoms with Gasteiger partial charge in [0.15, 0.2) is 0 Å². The molecule has 0 spiro atoms. The van der Waals surface area contributed by atoms with E-state index in [0.717, 1.165) is 36.5 Å². The zero-order chi connectivity index (χ0) is 15.9. The van der Waals surface area contributed by atoms with Crippen LogP contribution in [-0.4, -0.2) is 29.8 Å². The highest BCUT2D eigenvalue weighted by Crippen LogP contribution is 2.51. The summed E-state index contributed by atoms with van der Waals surface area (Å²) in [7, 11) is 0. The van der Waals surface area contributed by atoms with Crippen molar-refractivity contribution in [1.82, 2.24) is 10.5 Å². The first-order chi connectivity index (χ1) is 10.4. The quantitative estimate of drug-likeness (QED) is 0.928. The van der Waals surface area contributed by atoms with Gasteiger partial charge in [-0.2, -0.15) is 0 Å². The summed E-state index contributed by atoms with van der Waals surface area (Å²) in [6.45, 7) is 9.06.